The highest BCUT2D eigenvalue weighted by Crippen LogP contribution is 2.48. The van der Waals surface area contributed by atoms with E-state index in [0.29, 0.717) is 35.3 Å². The molecule has 7 heteroatoms. The summed E-state index contributed by atoms with van der Waals surface area (Å²) in [7, 11) is 3.07. The maximum Gasteiger partial charge on any atom is 0.330 e. The van der Waals surface area contributed by atoms with Gasteiger partial charge in [0.25, 0.3) is 6.43 Å². The molecule has 1 heterocycles. The van der Waals surface area contributed by atoms with Gasteiger partial charge in [0.1, 0.15) is 5.82 Å². The van der Waals surface area contributed by atoms with Crippen molar-refractivity contribution in [1.82, 2.24) is 0 Å². The molecule has 0 aromatic heterocycles. The molecule has 0 aliphatic carbocycles. The van der Waals surface area contributed by atoms with E-state index in [0.717, 1.165) is 11.3 Å². The predicted octanol–water partition coefficient (Wildman–Crippen LogP) is 5.63. The first-order chi connectivity index (χ1) is 16.4. The largest absolute Gasteiger partial charge is 0.466 e. The molecule has 1 aliphatic rings. The third-order valence-corrected chi connectivity index (χ3v) is 6.25. The number of ether oxygens (including phenoxy) is 1. The van der Waals surface area contributed by atoms with Crippen LogP contribution in [0.5, 0.6) is 0 Å². The molecule has 176 valence electrons. The number of nitrogens with one attached hydrogen (secondary N) is 1. The minimum atomic E-state index is -2.78. The number of halogens is 3. The number of rotatable bonds is 6. The van der Waals surface area contributed by atoms with Gasteiger partial charge in [0.2, 0.25) is 0 Å². The van der Waals surface area contributed by atoms with Crippen molar-refractivity contribution >= 4 is 23.4 Å². The Hall–Kier alpha value is -3.74. The van der Waals surface area contributed by atoms with Gasteiger partial charge in [0.15, 0.2) is 5.54 Å². The van der Waals surface area contributed by atoms with Crippen molar-refractivity contribution in [2.24, 2.45) is 0 Å². The highest BCUT2D eigenvalue weighted by Gasteiger charge is 2.51. The van der Waals surface area contributed by atoms with Crippen LogP contribution in [-0.2, 0) is 21.5 Å². The van der Waals surface area contributed by atoms with Gasteiger partial charge in [-0.15, -0.1) is 0 Å². The molecule has 1 atom stereocenters. The van der Waals surface area contributed by atoms with E-state index in [4.69, 9.17) is 0 Å². The topological polar surface area (TPSA) is 41.6 Å². The normalized spacial score (nSPS) is 17.6. The summed E-state index contributed by atoms with van der Waals surface area (Å²) in [4.78, 5) is 13.1. The Morgan fingerprint density at radius 1 is 1.09 bits per heavy atom. The van der Waals surface area contributed by atoms with Crippen LogP contribution in [0.4, 0.5) is 24.5 Å². The second-order valence-electron chi connectivity index (χ2n) is 8.05. The highest BCUT2D eigenvalue weighted by molar-refractivity contribution is 5.86. The minimum absolute atomic E-state index is 0.333. The summed E-state index contributed by atoms with van der Waals surface area (Å²) >= 11 is 0. The zero-order valence-electron chi connectivity index (χ0n) is 18.9. The maximum atomic E-state index is 15.3. The van der Waals surface area contributed by atoms with E-state index in [9.17, 15) is 9.18 Å². The van der Waals surface area contributed by atoms with Crippen LogP contribution in [0.3, 0.4) is 0 Å². The van der Waals surface area contributed by atoms with Crippen LogP contribution < -0.4 is 10.2 Å². The number of nitrogens with zero attached hydrogens (tertiary/aromatic N) is 1. The zero-order chi connectivity index (χ0) is 24.3. The van der Waals surface area contributed by atoms with E-state index in [1.165, 1.54) is 37.5 Å². The lowest BCUT2D eigenvalue weighted by Crippen LogP contribution is -2.56. The summed E-state index contributed by atoms with van der Waals surface area (Å²) in [5, 5.41) is 3.07. The van der Waals surface area contributed by atoms with Crippen LogP contribution in [0, 0.1) is 5.82 Å². The number of anilines is 2. The van der Waals surface area contributed by atoms with Crippen LogP contribution in [0.15, 0.2) is 72.8 Å². The molecule has 1 unspecified atom stereocenters. The molecule has 0 radical (unpaired) electrons. The van der Waals surface area contributed by atoms with Gasteiger partial charge in [-0.2, -0.15) is 0 Å². The number of fused-ring (bicyclic) bond motifs is 1. The molecule has 4 nitrogen and oxygen atoms in total. The van der Waals surface area contributed by atoms with E-state index in [2.05, 4.69) is 10.1 Å². The van der Waals surface area contributed by atoms with Gasteiger partial charge in [-0.1, -0.05) is 30.3 Å². The molecular formula is C27H25F3N2O2. The van der Waals surface area contributed by atoms with Crippen LogP contribution >= 0.6 is 0 Å². The molecule has 0 bridgehead atoms. The molecule has 0 fully saturated rings. The summed E-state index contributed by atoms with van der Waals surface area (Å²) in [6, 6.07) is 17.8. The van der Waals surface area contributed by atoms with Crippen molar-refractivity contribution in [3.63, 3.8) is 0 Å². The van der Waals surface area contributed by atoms with E-state index >= 15 is 8.78 Å². The Morgan fingerprint density at radius 3 is 2.41 bits per heavy atom. The third-order valence-electron chi connectivity index (χ3n) is 6.25. The molecular weight excluding hydrogens is 441 g/mol. The van der Waals surface area contributed by atoms with Crippen LogP contribution in [0.25, 0.3) is 6.08 Å². The second kappa shape index (κ2) is 9.63. The van der Waals surface area contributed by atoms with Gasteiger partial charge in [-0.25, -0.2) is 18.0 Å². The Labute approximate surface area is 196 Å². The minimum Gasteiger partial charge on any atom is -0.466 e. The molecule has 0 spiro atoms. The van der Waals surface area contributed by atoms with Crippen LogP contribution in [-0.4, -0.2) is 33.1 Å². The van der Waals surface area contributed by atoms with Crippen LogP contribution in [0.2, 0.25) is 0 Å². The van der Waals surface area contributed by atoms with Gasteiger partial charge in [0, 0.05) is 31.0 Å². The fourth-order valence-electron chi connectivity index (χ4n) is 4.59. The first kappa shape index (κ1) is 23.4. The summed E-state index contributed by atoms with van der Waals surface area (Å²) in [5.74, 6) is -0.929. The predicted molar refractivity (Wildman–Crippen MR) is 128 cm³/mol. The van der Waals surface area contributed by atoms with Crippen molar-refractivity contribution < 1.29 is 22.7 Å². The lowest BCUT2D eigenvalue weighted by Gasteiger charge is -2.49. The van der Waals surface area contributed by atoms with Crippen LogP contribution in [0.1, 0.15) is 22.3 Å². The molecule has 34 heavy (non-hydrogen) atoms. The number of hydrogen-bond acceptors (Lipinski definition) is 4. The van der Waals surface area contributed by atoms with Crippen molar-refractivity contribution in [1.29, 1.82) is 0 Å². The Balaban J connectivity index is 1.90. The van der Waals surface area contributed by atoms with Crippen molar-refractivity contribution in [3.05, 3.63) is 101 Å². The molecule has 1 aliphatic heterocycles. The molecule has 0 amide bonds. The number of benzene rings is 3. The van der Waals surface area contributed by atoms with E-state index in [1.807, 2.05) is 6.07 Å². The van der Waals surface area contributed by atoms with E-state index in [1.54, 1.807) is 54.4 Å². The van der Waals surface area contributed by atoms with Gasteiger partial charge in [0.05, 0.1) is 7.11 Å². The number of carbonyl (C=O) groups excluding carboxylic acids is 1. The van der Waals surface area contributed by atoms with Gasteiger partial charge in [-0.3, -0.25) is 0 Å². The number of alkyl halides is 2. The SMILES string of the molecule is CNc1ccc2c(c1)CCN(c1ccc(F)cc1)C2(c1ccc(C=CC(=O)OC)cc1)C(F)F. The zero-order valence-corrected chi connectivity index (χ0v) is 18.9. The van der Waals surface area contributed by atoms with Crippen molar-refractivity contribution in [3.8, 4) is 0 Å². The quantitative estimate of drug-likeness (QED) is 0.378. The third kappa shape index (κ3) is 4.14. The van der Waals surface area contributed by atoms with Gasteiger partial charge in [-0.05, 0) is 71.1 Å². The number of hydrogen-bond donors (Lipinski definition) is 1. The first-order valence-electron chi connectivity index (χ1n) is 10.9. The fourth-order valence-corrected chi connectivity index (χ4v) is 4.59. The summed E-state index contributed by atoms with van der Waals surface area (Å²) in [6.45, 7) is 0.333. The molecule has 0 saturated heterocycles. The van der Waals surface area contributed by atoms with Crippen molar-refractivity contribution in [2.45, 2.75) is 18.4 Å². The monoisotopic (exact) mass is 466 g/mol. The first-order valence-corrected chi connectivity index (χ1v) is 10.9. The number of esters is 1. The Bertz CT molecular complexity index is 1190. The van der Waals surface area contributed by atoms with Crippen molar-refractivity contribution in [2.75, 3.05) is 30.9 Å². The lowest BCUT2D eigenvalue weighted by molar-refractivity contribution is -0.134. The standard InChI is InChI=1S/C27H25F3N2O2/c1-31-22-10-13-24-19(17-22)15-16-32(23-11-8-21(28)9-12-23)27(24,26(29)30)20-6-3-18(4-7-20)5-14-25(33)34-2/h3-14,17,26,31H,15-16H2,1-2H3. The van der Waals surface area contributed by atoms with E-state index < -0.39 is 23.8 Å². The lowest BCUT2D eigenvalue weighted by atomic mass is 9.75. The molecule has 0 saturated carbocycles. The molecule has 3 aromatic carbocycles. The second-order valence-corrected chi connectivity index (χ2v) is 8.05. The fraction of sp³-hybridized carbons (Fsp3) is 0.222. The Morgan fingerprint density at radius 2 is 1.79 bits per heavy atom. The average molecular weight is 467 g/mol. The maximum absolute atomic E-state index is 15.3. The Kier molecular flexibility index (Phi) is 6.63. The van der Waals surface area contributed by atoms with E-state index in [-0.39, 0.29) is 0 Å². The summed E-state index contributed by atoms with van der Waals surface area (Å²) < 4.78 is 48.9. The smallest absolute Gasteiger partial charge is 0.330 e. The summed E-state index contributed by atoms with van der Waals surface area (Å²) in [5.41, 5.74) is 2.01. The average Bonchev–Trinajstić information content (AvgIpc) is 2.86. The van der Waals surface area contributed by atoms with Gasteiger partial charge >= 0.3 is 5.97 Å². The molecule has 4 rings (SSSR count). The molecule has 3 aromatic rings. The highest BCUT2D eigenvalue weighted by atomic mass is 19.3. The number of methoxy groups -OCH3 is 1. The molecule has 1 N–H and O–H groups in total. The number of carbonyl (C=O) groups is 1. The summed E-state index contributed by atoms with van der Waals surface area (Å²) in [6.07, 6.45) is 0.624. The van der Waals surface area contributed by atoms with Gasteiger partial charge < -0.3 is 15.0 Å².